The van der Waals surface area contributed by atoms with E-state index >= 15 is 0 Å². The molecule has 0 aliphatic rings. The minimum atomic E-state index is -0.339. The average molecular weight is 462 g/mol. The number of carbonyl (C=O) groups is 1. The number of benzene rings is 3. The van der Waals surface area contributed by atoms with Crippen molar-refractivity contribution in [1.82, 2.24) is 15.1 Å². The van der Waals surface area contributed by atoms with Crippen LogP contribution < -0.4 is 10.1 Å². The molecule has 0 unspecified atom stereocenters. The second-order valence-electron chi connectivity index (χ2n) is 8.05. The molecule has 7 heteroatoms. The number of amides is 1. The first-order valence-corrected chi connectivity index (χ1v) is 10.9. The van der Waals surface area contributed by atoms with Gasteiger partial charge in [0.25, 0.3) is 0 Å². The van der Waals surface area contributed by atoms with E-state index < -0.39 is 0 Å². The monoisotopic (exact) mass is 461 g/mol. The fourth-order valence-corrected chi connectivity index (χ4v) is 3.77. The Labute approximate surface area is 197 Å². The van der Waals surface area contributed by atoms with Gasteiger partial charge >= 0.3 is 0 Å². The summed E-state index contributed by atoms with van der Waals surface area (Å²) in [5.41, 5.74) is 4.40. The highest BCUT2D eigenvalue weighted by molar-refractivity contribution is 5.76. The van der Waals surface area contributed by atoms with Crippen LogP contribution in [0.5, 0.6) is 5.75 Å². The molecule has 0 aliphatic heterocycles. The van der Waals surface area contributed by atoms with Gasteiger partial charge in [0.15, 0.2) is 0 Å². The Bertz CT molecular complexity index is 1280. The van der Waals surface area contributed by atoms with Gasteiger partial charge in [-0.1, -0.05) is 18.2 Å². The van der Waals surface area contributed by atoms with E-state index in [2.05, 4.69) is 10.4 Å². The van der Waals surface area contributed by atoms with Crippen LogP contribution in [0.3, 0.4) is 0 Å². The lowest BCUT2D eigenvalue weighted by Gasteiger charge is -2.08. The highest BCUT2D eigenvalue weighted by Crippen LogP contribution is 2.26. The quantitative estimate of drug-likeness (QED) is 0.383. The van der Waals surface area contributed by atoms with Gasteiger partial charge in [0, 0.05) is 24.9 Å². The molecule has 0 saturated heterocycles. The standard InChI is InChI=1S/C27H25F2N3O2/c1-18-12-19(14-22(29)13-18)17-30-27(33)11-6-23-16-26(20-4-3-5-21(28)15-20)32(31-23)24-7-9-25(34-2)10-8-24/h3-5,7-10,12-16H,6,11,17H2,1-2H3,(H,30,33). The van der Waals surface area contributed by atoms with Gasteiger partial charge in [-0.05, 0) is 72.6 Å². The topological polar surface area (TPSA) is 56.2 Å². The molecule has 0 fully saturated rings. The van der Waals surface area contributed by atoms with Gasteiger partial charge in [0.2, 0.25) is 5.91 Å². The Morgan fingerprint density at radius 3 is 2.50 bits per heavy atom. The van der Waals surface area contributed by atoms with Crippen molar-refractivity contribution in [2.75, 3.05) is 7.11 Å². The van der Waals surface area contributed by atoms with Crippen LogP contribution in [0.15, 0.2) is 72.8 Å². The Balaban J connectivity index is 1.50. The zero-order valence-corrected chi connectivity index (χ0v) is 19.0. The summed E-state index contributed by atoms with van der Waals surface area (Å²) >= 11 is 0. The molecular formula is C27H25F2N3O2. The highest BCUT2D eigenvalue weighted by Gasteiger charge is 2.14. The number of aromatic nitrogens is 2. The van der Waals surface area contributed by atoms with Crippen LogP contribution >= 0.6 is 0 Å². The number of nitrogens with one attached hydrogen (secondary N) is 1. The van der Waals surface area contributed by atoms with Crippen molar-refractivity contribution in [2.24, 2.45) is 0 Å². The summed E-state index contributed by atoms with van der Waals surface area (Å²) in [6.45, 7) is 2.07. The fourth-order valence-electron chi connectivity index (χ4n) is 3.77. The van der Waals surface area contributed by atoms with Gasteiger partial charge in [-0.25, -0.2) is 13.5 Å². The van der Waals surface area contributed by atoms with Crippen LogP contribution in [-0.2, 0) is 17.8 Å². The number of rotatable bonds is 8. The van der Waals surface area contributed by atoms with E-state index in [0.717, 1.165) is 16.9 Å². The predicted molar refractivity (Wildman–Crippen MR) is 127 cm³/mol. The first-order chi connectivity index (χ1) is 16.4. The molecule has 1 heterocycles. The highest BCUT2D eigenvalue weighted by atomic mass is 19.1. The Hall–Kier alpha value is -4.00. The van der Waals surface area contributed by atoms with Crippen LogP contribution in [0.2, 0.25) is 0 Å². The Kier molecular flexibility index (Phi) is 7.01. The minimum absolute atomic E-state index is 0.159. The van der Waals surface area contributed by atoms with Crippen molar-refractivity contribution in [3.63, 3.8) is 0 Å². The molecule has 0 aliphatic carbocycles. The van der Waals surface area contributed by atoms with Crippen LogP contribution in [0.1, 0.15) is 23.2 Å². The van der Waals surface area contributed by atoms with Crippen molar-refractivity contribution < 1.29 is 18.3 Å². The van der Waals surface area contributed by atoms with Gasteiger partial charge in [-0.15, -0.1) is 0 Å². The average Bonchev–Trinajstić information content (AvgIpc) is 3.25. The molecule has 4 aromatic rings. The summed E-state index contributed by atoms with van der Waals surface area (Å²) < 4.78 is 34.4. The number of nitrogens with zero attached hydrogens (tertiary/aromatic N) is 2. The number of hydrogen-bond donors (Lipinski definition) is 1. The summed E-state index contributed by atoms with van der Waals surface area (Å²) in [5.74, 6) is -0.103. The maximum Gasteiger partial charge on any atom is 0.220 e. The summed E-state index contributed by atoms with van der Waals surface area (Å²) in [6, 6.07) is 20.3. The van der Waals surface area contributed by atoms with Crippen LogP contribution in [0, 0.1) is 18.6 Å². The van der Waals surface area contributed by atoms with Crippen molar-refractivity contribution >= 4 is 5.91 Å². The van der Waals surface area contributed by atoms with Crippen LogP contribution in [-0.4, -0.2) is 22.8 Å². The Morgan fingerprint density at radius 1 is 1.00 bits per heavy atom. The number of ether oxygens (including phenoxy) is 1. The Morgan fingerprint density at radius 2 is 1.79 bits per heavy atom. The SMILES string of the molecule is COc1ccc(-n2nc(CCC(=O)NCc3cc(C)cc(F)c3)cc2-c2cccc(F)c2)cc1. The van der Waals surface area contributed by atoms with E-state index in [0.29, 0.717) is 29.0 Å². The molecule has 0 saturated carbocycles. The molecule has 1 amide bonds. The number of hydrogen-bond acceptors (Lipinski definition) is 3. The largest absolute Gasteiger partial charge is 0.497 e. The van der Waals surface area contributed by atoms with Crippen molar-refractivity contribution in [3.8, 4) is 22.7 Å². The van der Waals surface area contributed by atoms with E-state index in [4.69, 9.17) is 4.74 Å². The molecule has 1 aromatic heterocycles. The maximum atomic E-state index is 13.9. The smallest absolute Gasteiger partial charge is 0.220 e. The van der Waals surface area contributed by atoms with E-state index in [1.165, 1.54) is 24.3 Å². The van der Waals surface area contributed by atoms with Gasteiger partial charge in [0.05, 0.1) is 24.2 Å². The molecule has 3 aromatic carbocycles. The van der Waals surface area contributed by atoms with E-state index in [1.54, 1.807) is 17.9 Å². The molecule has 5 nitrogen and oxygen atoms in total. The zero-order chi connectivity index (χ0) is 24.1. The first-order valence-electron chi connectivity index (χ1n) is 10.9. The number of methoxy groups -OCH3 is 1. The fraction of sp³-hybridized carbons (Fsp3) is 0.185. The summed E-state index contributed by atoms with van der Waals surface area (Å²) in [6.07, 6.45) is 0.621. The van der Waals surface area contributed by atoms with Crippen molar-refractivity contribution in [1.29, 1.82) is 0 Å². The molecule has 0 atom stereocenters. The number of halogens is 2. The molecule has 0 radical (unpaired) electrons. The van der Waals surface area contributed by atoms with E-state index in [-0.39, 0.29) is 30.5 Å². The molecular weight excluding hydrogens is 436 g/mol. The van der Waals surface area contributed by atoms with Crippen molar-refractivity contribution in [3.05, 3.63) is 101 Å². The lowest BCUT2D eigenvalue weighted by Crippen LogP contribution is -2.23. The van der Waals surface area contributed by atoms with E-state index in [9.17, 15) is 13.6 Å². The summed E-state index contributed by atoms with van der Waals surface area (Å²) in [4.78, 5) is 12.4. The first kappa shape index (κ1) is 23.2. The van der Waals surface area contributed by atoms with Crippen LogP contribution in [0.25, 0.3) is 16.9 Å². The van der Waals surface area contributed by atoms with Crippen LogP contribution in [0.4, 0.5) is 8.78 Å². The molecule has 0 bridgehead atoms. The van der Waals surface area contributed by atoms with Crippen molar-refractivity contribution in [2.45, 2.75) is 26.3 Å². The molecule has 174 valence electrons. The second-order valence-corrected chi connectivity index (χ2v) is 8.05. The molecule has 34 heavy (non-hydrogen) atoms. The summed E-state index contributed by atoms with van der Waals surface area (Å²) in [5, 5.41) is 7.50. The van der Waals surface area contributed by atoms with Gasteiger partial charge < -0.3 is 10.1 Å². The third kappa shape index (κ3) is 5.67. The normalized spacial score (nSPS) is 10.8. The maximum absolute atomic E-state index is 13.9. The third-order valence-electron chi connectivity index (χ3n) is 5.40. The molecule has 0 spiro atoms. The predicted octanol–water partition coefficient (Wildman–Crippen LogP) is 5.38. The van der Waals surface area contributed by atoms with Gasteiger partial charge in [-0.2, -0.15) is 5.10 Å². The lowest BCUT2D eigenvalue weighted by molar-refractivity contribution is -0.121. The number of aryl methyl sites for hydroxylation is 2. The molecule has 4 rings (SSSR count). The molecule has 1 N–H and O–H groups in total. The van der Waals surface area contributed by atoms with Gasteiger partial charge in [0.1, 0.15) is 17.4 Å². The van der Waals surface area contributed by atoms with E-state index in [1.807, 2.05) is 49.4 Å². The number of carbonyl (C=O) groups excluding carboxylic acids is 1. The third-order valence-corrected chi connectivity index (χ3v) is 5.40. The minimum Gasteiger partial charge on any atom is -0.497 e. The second kappa shape index (κ2) is 10.3. The van der Waals surface area contributed by atoms with Gasteiger partial charge in [-0.3, -0.25) is 4.79 Å². The lowest BCUT2D eigenvalue weighted by atomic mass is 10.1. The summed E-state index contributed by atoms with van der Waals surface area (Å²) in [7, 11) is 1.60. The zero-order valence-electron chi connectivity index (χ0n) is 19.0.